The van der Waals surface area contributed by atoms with Crippen molar-refractivity contribution in [2.75, 3.05) is 10.6 Å². The molecule has 4 nitrogen and oxygen atoms in total. The Kier molecular flexibility index (Phi) is 4.94. The molecule has 1 aliphatic heterocycles. The van der Waals surface area contributed by atoms with Crippen molar-refractivity contribution in [1.82, 2.24) is 0 Å². The van der Waals surface area contributed by atoms with Crippen LogP contribution in [0.1, 0.15) is 46.5 Å². The van der Waals surface area contributed by atoms with Gasteiger partial charge < -0.3 is 10.6 Å². The first-order chi connectivity index (χ1) is 14.3. The summed E-state index contributed by atoms with van der Waals surface area (Å²) in [6.07, 6.45) is 0.295. The first-order valence-electron chi connectivity index (χ1n) is 10.2. The Hall–Kier alpha value is -3.40. The van der Waals surface area contributed by atoms with Crippen LogP contribution >= 0.6 is 0 Å². The Morgan fingerprint density at radius 2 is 1.10 bits per heavy atom. The maximum atomic E-state index is 13.6. The highest BCUT2D eigenvalue weighted by atomic mass is 16.1. The van der Waals surface area contributed by atoms with Gasteiger partial charge in [0, 0.05) is 28.9 Å². The molecule has 0 fully saturated rings. The number of fused-ring (bicyclic) bond motifs is 2. The third kappa shape index (κ3) is 3.73. The molecule has 1 heterocycles. The minimum Gasteiger partial charge on any atom is -0.373 e. The zero-order valence-corrected chi connectivity index (χ0v) is 17.5. The van der Waals surface area contributed by atoms with E-state index >= 15 is 0 Å². The quantitative estimate of drug-likeness (QED) is 0.569. The summed E-state index contributed by atoms with van der Waals surface area (Å²) >= 11 is 0. The van der Waals surface area contributed by atoms with E-state index in [1.807, 2.05) is 99.6 Å². The van der Waals surface area contributed by atoms with Gasteiger partial charge in [0.25, 0.3) is 0 Å². The number of hydrogen-bond donors (Lipinski definition) is 2. The van der Waals surface area contributed by atoms with Crippen LogP contribution in [0.3, 0.4) is 0 Å². The second kappa shape index (κ2) is 7.45. The predicted octanol–water partition coefficient (Wildman–Crippen LogP) is 5.51. The van der Waals surface area contributed by atoms with Crippen LogP contribution in [-0.4, -0.2) is 22.6 Å². The number of carbonyl (C=O) groups is 2. The van der Waals surface area contributed by atoms with Crippen molar-refractivity contribution in [2.45, 2.75) is 38.3 Å². The van der Waals surface area contributed by atoms with Crippen molar-refractivity contribution in [2.24, 2.45) is 0 Å². The molecule has 0 spiro atoms. The lowest BCUT2D eigenvalue weighted by Gasteiger charge is -2.42. The molecule has 0 radical (unpaired) electrons. The van der Waals surface area contributed by atoms with E-state index in [0.717, 1.165) is 16.9 Å². The lowest BCUT2D eigenvalue weighted by Crippen LogP contribution is -2.56. The predicted molar refractivity (Wildman–Crippen MR) is 121 cm³/mol. The number of rotatable bonds is 4. The summed E-state index contributed by atoms with van der Waals surface area (Å²) in [6.45, 7) is 5.77. The van der Waals surface area contributed by atoms with Crippen LogP contribution in [0.4, 0.5) is 11.4 Å². The van der Waals surface area contributed by atoms with Gasteiger partial charge in [0.2, 0.25) is 0 Å². The number of aryl methyl sites for hydroxylation is 1. The van der Waals surface area contributed by atoms with E-state index in [2.05, 4.69) is 10.6 Å². The van der Waals surface area contributed by atoms with Crippen molar-refractivity contribution in [3.8, 4) is 0 Å². The number of anilines is 2. The fraction of sp³-hybridized carbons (Fsp3) is 0.231. The molecule has 0 saturated carbocycles. The molecule has 0 saturated heterocycles. The molecular formula is C26H26N2O2. The average molecular weight is 399 g/mol. The molecular weight excluding hydrogens is 372 g/mol. The highest BCUT2D eigenvalue weighted by Crippen LogP contribution is 2.37. The van der Waals surface area contributed by atoms with Gasteiger partial charge in [0.15, 0.2) is 11.6 Å². The van der Waals surface area contributed by atoms with E-state index in [1.54, 1.807) is 0 Å². The van der Waals surface area contributed by atoms with Crippen molar-refractivity contribution in [3.63, 3.8) is 0 Å². The van der Waals surface area contributed by atoms with Crippen LogP contribution in [0.15, 0.2) is 78.9 Å². The van der Waals surface area contributed by atoms with Crippen LogP contribution in [-0.2, 0) is 0 Å². The SMILES string of the molecule is Cc1cc2cc(c1)NC(C)(C(=O)c1ccccc1)CC(C)(C(=O)c1ccccc1)N2. The average Bonchev–Trinajstić information content (AvgIpc) is 2.72. The van der Waals surface area contributed by atoms with Crippen molar-refractivity contribution >= 4 is 22.9 Å². The van der Waals surface area contributed by atoms with Crippen molar-refractivity contribution in [1.29, 1.82) is 0 Å². The second-order valence-electron chi connectivity index (χ2n) is 8.57. The van der Waals surface area contributed by atoms with E-state index in [9.17, 15) is 9.59 Å². The smallest absolute Gasteiger partial charge is 0.187 e. The monoisotopic (exact) mass is 398 g/mol. The molecule has 0 amide bonds. The lowest BCUT2D eigenvalue weighted by molar-refractivity contribution is 0.0839. The van der Waals surface area contributed by atoms with Crippen LogP contribution < -0.4 is 10.6 Å². The topological polar surface area (TPSA) is 58.2 Å². The molecule has 2 bridgehead atoms. The van der Waals surface area contributed by atoms with Gasteiger partial charge in [-0.15, -0.1) is 0 Å². The van der Waals surface area contributed by atoms with Crippen LogP contribution in [0, 0.1) is 6.92 Å². The Balaban J connectivity index is 1.83. The van der Waals surface area contributed by atoms with Gasteiger partial charge in [-0.3, -0.25) is 9.59 Å². The molecule has 30 heavy (non-hydrogen) atoms. The fourth-order valence-corrected chi connectivity index (χ4v) is 4.45. The van der Waals surface area contributed by atoms with E-state index in [0.29, 0.717) is 17.5 Å². The number of nitrogens with one attached hydrogen (secondary N) is 2. The highest BCUT2D eigenvalue weighted by molar-refractivity contribution is 6.09. The Labute approximate surface area is 177 Å². The van der Waals surface area contributed by atoms with E-state index in [4.69, 9.17) is 0 Å². The minimum absolute atomic E-state index is 0.0399. The van der Waals surface area contributed by atoms with Gasteiger partial charge in [0.05, 0.1) is 0 Å². The number of benzene rings is 3. The molecule has 0 aromatic heterocycles. The number of Topliss-reactive ketones (excluding diaryl/α,β-unsaturated/α-hetero) is 2. The zero-order chi connectivity index (χ0) is 21.4. The summed E-state index contributed by atoms with van der Waals surface area (Å²) in [7, 11) is 0. The second-order valence-corrected chi connectivity index (χ2v) is 8.57. The van der Waals surface area contributed by atoms with Crippen molar-refractivity contribution in [3.05, 3.63) is 95.6 Å². The first kappa shape index (κ1) is 19.9. The number of hydrogen-bond acceptors (Lipinski definition) is 4. The molecule has 0 aliphatic carbocycles. The van der Waals surface area contributed by atoms with E-state index in [1.165, 1.54) is 0 Å². The molecule has 4 heteroatoms. The van der Waals surface area contributed by atoms with Crippen LogP contribution in [0.2, 0.25) is 0 Å². The largest absolute Gasteiger partial charge is 0.373 e. The maximum Gasteiger partial charge on any atom is 0.187 e. The summed E-state index contributed by atoms with van der Waals surface area (Å²) in [4.78, 5) is 27.2. The van der Waals surface area contributed by atoms with Crippen LogP contribution in [0.5, 0.6) is 0 Å². The summed E-state index contributed by atoms with van der Waals surface area (Å²) in [5.41, 5.74) is 2.06. The van der Waals surface area contributed by atoms with Gasteiger partial charge in [0.1, 0.15) is 11.1 Å². The molecule has 1 aliphatic rings. The molecule has 2 unspecified atom stereocenters. The molecule has 4 rings (SSSR count). The van der Waals surface area contributed by atoms with Gasteiger partial charge in [-0.25, -0.2) is 0 Å². The Morgan fingerprint density at radius 3 is 1.50 bits per heavy atom. The van der Waals surface area contributed by atoms with Gasteiger partial charge >= 0.3 is 0 Å². The number of ketones is 2. The van der Waals surface area contributed by atoms with E-state index < -0.39 is 11.1 Å². The van der Waals surface area contributed by atoms with Gasteiger partial charge in [-0.2, -0.15) is 0 Å². The summed E-state index contributed by atoms with van der Waals surface area (Å²) in [5, 5.41) is 6.91. The molecule has 3 aromatic carbocycles. The summed E-state index contributed by atoms with van der Waals surface area (Å²) in [6, 6.07) is 24.5. The standard InChI is InChI=1S/C26H26N2O2/c1-18-14-21-16-22(15-18)28-26(3,24(30)20-12-8-5-9-13-20)17-25(2,27-21)23(29)19-10-6-4-7-11-19/h4-16,27-28H,17H2,1-3H3. The fourth-order valence-electron chi connectivity index (χ4n) is 4.45. The molecule has 3 aromatic rings. The van der Waals surface area contributed by atoms with Crippen LogP contribution in [0.25, 0.3) is 0 Å². The van der Waals surface area contributed by atoms with Gasteiger partial charge in [-0.1, -0.05) is 60.7 Å². The maximum absolute atomic E-state index is 13.6. The highest BCUT2D eigenvalue weighted by Gasteiger charge is 2.46. The third-order valence-corrected chi connectivity index (χ3v) is 5.70. The minimum atomic E-state index is -0.973. The number of carbonyl (C=O) groups excluding carboxylic acids is 2. The molecule has 2 atom stereocenters. The normalized spacial score (nSPS) is 22.8. The summed E-state index contributed by atoms with van der Waals surface area (Å²) < 4.78 is 0. The summed E-state index contributed by atoms with van der Waals surface area (Å²) in [5.74, 6) is -0.0797. The van der Waals surface area contributed by atoms with E-state index in [-0.39, 0.29) is 11.6 Å². The molecule has 152 valence electrons. The third-order valence-electron chi connectivity index (χ3n) is 5.70. The zero-order valence-electron chi connectivity index (χ0n) is 17.5. The Bertz CT molecular complexity index is 1010. The lowest BCUT2D eigenvalue weighted by atomic mass is 9.75. The Morgan fingerprint density at radius 1 is 0.700 bits per heavy atom. The van der Waals surface area contributed by atoms with Crippen molar-refractivity contribution < 1.29 is 9.59 Å². The first-order valence-corrected chi connectivity index (χ1v) is 10.2. The molecule has 2 N–H and O–H groups in total. The van der Waals surface area contributed by atoms with Gasteiger partial charge in [-0.05, 0) is 44.5 Å².